The van der Waals surface area contributed by atoms with Crippen molar-refractivity contribution in [3.05, 3.63) is 289 Å². The number of aromatic amines is 3. The van der Waals surface area contributed by atoms with Crippen LogP contribution in [-0.4, -0.2) is 126 Å². The van der Waals surface area contributed by atoms with Crippen LogP contribution in [0.25, 0.3) is 67.5 Å². The van der Waals surface area contributed by atoms with Gasteiger partial charge in [-0.15, -0.1) is 10.5 Å². The summed E-state index contributed by atoms with van der Waals surface area (Å²) < 4.78 is 64.6. The minimum absolute atomic E-state index is 0.0791. The molecule has 32 heteroatoms. The first kappa shape index (κ1) is 77.9. The van der Waals surface area contributed by atoms with Gasteiger partial charge in [-0.3, -0.25) is 29.3 Å². The number of imidazole rings is 3. The van der Waals surface area contributed by atoms with E-state index in [9.17, 15) is 36.0 Å². The molecule has 9 aromatic heterocycles. The number of hydrogen-bond donors (Lipinski definition) is 9. The fraction of sp³-hybridized carbons (Fsp3) is 0.0732. The second kappa shape index (κ2) is 35.2. The van der Waals surface area contributed by atoms with E-state index >= 15 is 0 Å². The van der Waals surface area contributed by atoms with Gasteiger partial charge in [-0.2, -0.15) is 0 Å². The van der Waals surface area contributed by atoms with E-state index in [0.29, 0.717) is 90.4 Å². The predicted octanol–water partition coefficient (Wildman–Crippen LogP) is 16.9. The van der Waals surface area contributed by atoms with Crippen LogP contribution in [0, 0.1) is 38.2 Å². The Morgan fingerprint density at radius 2 is 0.763 bits per heavy atom. The van der Waals surface area contributed by atoms with Crippen LogP contribution in [-0.2, 0) is 9.84 Å². The topological polar surface area (TPSA) is 360 Å². The van der Waals surface area contributed by atoms with Crippen molar-refractivity contribution in [1.82, 2.24) is 74.8 Å². The maximum atomic E-state index is 13.5. The summed E-state index contributed by atoms with van der Waals surface area (Å²) in [5.74, 6) is 2.65. The molecule has 0 fully saturated rings. The summed E-state index contributed by atoms with van der Waals surface area (Å²) in [6, 6.07) is 49.9. The number of thioether (sulfide) groups is 1. The molecule has 9 heterocycles. The largest absolute Gasteiger partial charge is 0.329 e. The Labute approximate surface area is 657 Å². The molecule has 114 heavy (non-hydrogen) atoms. The predicted molar refractivity (Wildman–Crippen MR) is 439 cm³/mol. The molecule has 570 valence electrons. The monoisotopic (exact) mass is 1580 g/mol. The standard InChI is InChI=1S/C28H24FN7OS.C27H22FN7O3S.C27H22FN7OS/c1-17-6-11-21(15-23(17)34-27-31-14-12-22(33-27)19-5-4-13-30-16-19)32-26(37)25-24(35-28(36-25)38(2)3)18-7-9-20(29)10-8-18;1-16-5-10-20(14-22(16)33-26-30-13-11-21(32-26)18-4-3-12-29-15-18)31-25(36)24-23(17-6-8-19(28)9-7-17)34-27(35-24)39(2,37)38;1-16-5-10-20(14-22(16)33-26-30-13-11-21(32-26)18-4-3-12-29-15-18)31-25(36)24-23(34-27(35-24)37-2)17-6-8-19(28)9-7-17/h4-16H,2H2,1,3H3,(H,32,37)(H,35,36)(H,31,33,34);3-15H,1-2H3,(H,31,36)(H,34,35)(H,30,32,33);3-15H,1-2H3,(H,31,36)(H,34,35)(H,30,32,33). The molecule has 0 bridgehead atoms. The van der Waals surface area contributed by atoms with Gasteiger partial charge in [0.1, 0.15) is 51.6 Å². The Bertz CT molecular complexity index is 6150. The molecule has 0 spiro atoms. The summed E-state index contributed by atoms with van der Waals surface area (Å²) in [5, 5.41) is 19.1. The Balaban J connectivity index is 0.000000149. The van der Waals surface area contributed by atoms with E-state index in [1.54, 1.807) is 104 Å². The molecule has 15 rings (SSSR count). The van der Waals surface area contributed by atoms with Gasteiger partial charge in [0, 0.05) is 130 Å². The Morgan fingerprint density at radius 3 is 1.10 bits per heavy atom. The zero-order valence-electron chi connectivity index (χ0n) is 61.5. The first-order valence-corrected chi connectivity index (χ1v) is 39.5. The number of carbonyl (C=O) groups is 3. The number of pyridine rings is 3. The van der Waals surface area contributed by atoms with Gasteiger partial charge >= 0.3 is 0 Å². The average Bonchev–Trinajstić information content (AvgIpc) is 1.64. The van der Waals surface area contributed by atoms with Crippen LogP contribution < -0.4 is 31.9 Å². The summed E-state index contributed by atoms with van der Waals surface area (Å²) in [6.45, 7) is 5.78. The first-order valence-electron chi connectivity index (χ1n) is 34.6. The van der Waals surface area contributed by atoms with Crippen molar-refractivity contribution in [2.24, 2.45) is 0 Å². The van der Waals surface area contributed by atoms with Gasteiger partial charge in [0.05, 0.1) is 17.1 Å². The molecule has 0 aliphatic heterocycles. The maximum absolute atomic E-state index is 13.5. The summed E-state index contributed by atoms with van der Waals surface area (Å²) in [7, 11) is -4.20. The molecular formula is C82H68F3N21O5S3. The third kappa shape index (κ3) is 19.5. The molecule has 0 aliphatic rings. The summed E-state index contributed by atoms with van der Waals surface area (Å²) >= 11 is 1.38. The molecule has 3 amide bonds. The van der Waals surface area contributed by atoms with Crippen molar-refractivity contribution in [3.8, 4) is 67.5 Å². The number of rotatable bonds is 21. The number of H-pyrrole nitrogens is 3. The Morgan fingerprint density at radius 1 is 0.421 bits per heavy atom. The van der Waals surface area contributed by atoms with E-state index < -0.39 is 32.0 Å². The van der Waals surface area contributed by atoms with E-state index in [4.69, 9.17) is 0 Å². The number of aryl methyl sites for hydroxylation is 3. The third-order valence-electron chi connectivity index (χ3n) is 17.0. The van der Waals surface area contributed by atoms with Crippen LogP contribution in [0.5, 0.6) is 0 Å². The summed E-state index contributed by atoms with van der Waals surface area (Å²) in [4.78, 5) is 101. The average molecular weight is 1580 g/mol. The lowest BCUT2D eigenvalue weighted by atomic mass is 10.1. The minimum Gasteiger partial charge on any atom is -0.329 e. The number of carbonyl (C=O) groups excluding carboxylic acids is 3. The summed E-state index contributed by atoms with van der Waals surface area (Å²) in [6.07, 6.45) is 20.0. The highest BCUT2D eigenvalue weighted by molar-refractivity contribution is 8.13. The number of halogens is 3. The normalized spacial score (nSPS) is 11.2. The van der Waals surface area contributed by atoms with E-state index in [2.05, 4.69) is 113 Å². The van der Waals surface area contributed by atoms with Crippen LogP contribution in [0.2, 0.25) is 0 Å². The van der Waals surface area contributed by atoms with Crippen LogP contribution in [0.3, 0.4) is 0 Å². The van der Waals surface area contributed by atoms with E-state index in [1.807, 2.05) is 118 Å². The second-order valence-corrected chi connectivity index (χ2v) is 29.7. The van der Waals surface area contributed by atoms with Crippen LogP contribution in [0.15, 0.2) is 253 Å². The fourth-order valence-corrected chi connectivity index (χ4v) is 12.6. The number of sulfone groups is 1. The SMILES string of the molecule is C=S(C)c1nc(-c2ccc(F)cc2)c(C(=O)Nc2ccc(C)c(Nc3nccc(-c4cccnc4)n3)c2)[nH]1.CSc1nc(-c2ccc(F)cc2)c(C(=O)Nc2ccc(C)c(Nc3nccc(-c4cccnc4)n3)c2)[nH]1.Cc1ccc(NC(=O)c2[nH]c(S(C)(=O)=O)nc2-c2ccc(F)cc2)cc1Nc1nccc(-c2cccnc2)n1. The highest BCUT2D eigenvalue weighted by Gasteiger charge is 2.26. The molecular weight excluding hydrogens is 1510 g/mol. The van der Waals surface area contributed by atoms with Crippen LogP contribution in [0.1, 0.15) is 48.2 Å². The number of amides is 3. The lowest BCUT2D eigenvalue weighted by Gasteiger charge is -2.12. The van der Waals surface area contributed by atoms with Crippen molar-refractivity contribution < 1.29 is 36.0 Å². The second-order valence-electron chi connectivity index (χ2n) is 25.3. The molecule has 26 nitrogen and oxygen atoms in total. The number of hydrogen-bond acceptors (Lipinski definition) is 21. The molecule has 6 aromatic carbocycles. The lowest BCUT2D eigenvalue weighted by Crippen LogP contribution is -2.14. The molecule has 0 saturated carbocycles. The van der Waals surface area contributed by atoms with Gasteiger partial charge < -0.3 is 46.9 Å². The van der Waals surface area contributed by atoms with Crippen LogP contribution in [0.4, 0.5) is 65.1 Å². The molecule has 1 unspecified atom stereocenters. The van der Waals surface area contributed by atoms with Gasteiger partial charge in [0.25, 0.3) is 17.7 Å². The van der Waals surface area contributed by atoms with Gasteiger partial charge in [0.15, 0.2) is 10.3 Å². The zero-order chi connectivity index (χ0) is 80.0. The highest BCUT2D eigenvalue weighted by Crippen LogP contribution is 2.34. The maximum Gasteiger partial charge on any atom is 0.274 e. The van der Waals surface area contributed by atoms with Gasteiger partial charge in [-0.1, -0.05) is 35.8 Å². The molecule has 9 N–H and O–H groups in total. The van der Waals surface area contributed by atoms with Gasteiger partial charge in [-0.05, 0) is 214 Å². The number of anilines is 9. The lowest BCUT2D eigenvalue weighted by molar-refractivity contribution is 0.101. The quantitative estimate of drug-likeness (QED) is 0.0238. The number of nitrogens with one attached hydrogen (secondary N) is 9. The molecule has 0 saturated heterocycles. The van der Waals surface area contributed by atoms with Crippen molar-refractivity contribution >= 4 is 108 Å². The molecule has 1 atom stereocenters. The molecule has 0 radical (unpaired) electrons. The number of aromatic nitrogens is 15. The number of benzene rings is 6. The van der Waals surface area contributed by atoms with Crippen molar-refractivity contribution in [2.75, 3.05) is 50.7 Å². The van der Waals surface area contributed by atoms with Crippen molar-refractivity contribution in [2.45, 2.75) is 36.2 Å². The number of nitrogens with zero attached hydrogens (tertiary/aromatic N) is 12. The Kier molecular flexibility index (Phi) is 24.1. The minimum atomic E-state index is -3.75. The fourth-order valence-electron chi connectivity index (χ4n) is 11.2. The van der Waals surface area contributed by atoms with Gasteiger partial charge in [-0.25, -0.2) is 66.4 Å². The van der Waals surface area contributed by atoms with E-state index in [-0.39, 0.29) is 45.7 Å². The van der Waals surface area contributed by atoms with Crippen molar-refractivity contribution in [3.63, 3.8) is 0 Å². The summed E-state index contributed by atoms with van der Waals surface area (Å²) in [5.41, 5.74) is 14.3. The van der Waals surface area contributed by atoms with E-state index in [0.717, 1.165) is 62.4 Å². The van der Waals surface area contributed by atoms with E-state index in [1.165, 1.54) is 60.3 Å². The van der Waals surface area contributed by atoms with Gasteiger partial charge in [0.2, 0.25) is 32.8 Å². The smallest absolute Gasteiger partial charge is 0.274 e. The highest BCUT2D eigenvalue weighted by atomic mass is 32.2. The molecule has 0 aliphatic carbocycles. The third-order valence-corrected chi connectivity index (χ3v) is 19.3. The Hall–Kier alpha value is -14.2. The first-order chi connectivity index (χ1) is 55.0. The molecule has 15 aromatic rings. The zero-order valence-corrected chi connectivity index (χ0v) is 63.9. The van der Waals surface area contributed by atoms with Crippen LogP contribution >= 0.6 is 22.2 Å². The van der Waals surface area contributed by atoms with Crippen molar-refractivity contribution in [1.29, 1.82) is 0 Å².